The molecule has 0 saturated carbocycles. The summed E-state index contributed by atoms with van der Waals surface area (Å²) >= 11 is 0. The van der Waals surface area contributed by atoms with Gasteiger partial charge in [-0.2, -0.15) is 0 Å². The molecule has 0 aromatic carbocycles. The highest BCUT2D eigenvalue weighted by molar-refractivity contribution is 5.95. The summed E-state index contributed by atoms with van der Waals surface area (Å²) in [5, 5.41) is 16.2. The van der Waals surface area contributed by atoms with Gasteiger partial charge in [0.1, 0.15) is 24.4 Å². The number of hydrogen-bond donors (Lipinski definition) is 2. The number of hydrogen-bond acceptors (Lipinski definition) is 4. The molecule has 0 aliphatic heterocycles. The van der Waals surface area contributed by atoms with Crippen LogP contribution in [0.4, 0.5) is 0 Å². The molecule has 124 valence electrons. The number of ketones is 2. The Bertz CT molecular complexity index is 279. The predicted molar refractivity (Wildman–Crippen MR) is 80.3 cm³/mol. The van der Waals surface area contributed by atoms with Crippen molar-refractivity contribution in [2.75, 3.05) is 0 Å². The quantitative estimate of drug-likeness (QED) is 0.667. The van der Waals surface area contributed by atoms with Gasteiger partial charge in [-0.15, -0.1) is 0 Å². The molecular formula is C15H28O6. The Morgan fingerprint density at radius 2 is 0.905 bits per heavy atom. The van der Waals surface area contributed by atoms with Gasteiger partial charge < -0.3 is 10.2 Å². The second-order valence-corrected chi connectivity index (χ2v) is 4.43. The first kappa shape index (κ1) is 24.3. The molecule has 0 aromatic rings. The lowest BCUT2D eigenvalue weighted by molar-refractivity contribution is -0.141. The average molecular weight is 304 g/mol. The summed E-state index contributed by atoms with van der Waals surface area (Å²) in [5.74, 6) is -2.45. The fourth-order valence-corrected chi connectivity index (χ4v) is 1.07. The van der Waals surface area contributed by atoms with E-state index < -0.39 is 11.9 Å². The van der Waals surface area contributed by atoms with E-state index in [2.05, 4.69) is 13.8 Å². The second kappa shape index (κ2) is 18.3. The van der Waals surface area contributed by atoms with Crippen LogP contribution in [0.1, 0.15) is 72.6 Å². The molecule has 0 aliphatic carbocycles. The number of carbonyl (C=O) groups is 4. The van der Waals surface area contributed by atoms with Crippen molar-refractivity contribution >= 4 is 23.5 Å². The molecule has 0 heterocycles. The fourth-order valence-electron chi connectivity index (χ4n) is 1.07. The minimum Gasteiger partial charge on any atom is -0.481 e. The van der Waals surface area contributed by atoms with E-state index in [0.29, 0.717) is 12.8 Å². The summed E-state index contributed by atoms with van der Waals surface area (Å²) in [4.78, 5) is 40.7. The van der Waals surface area contributed by atoms with E-state index in [-0.39, 0.29) is 24.4 Å². The van der Waals surface area contributed by atoms with E-state index in [1.165, 1.54) is 6.42 Å². The third kappa shape index (κ3) is 32.1. The van der Waals surface area contributed by atoms with Gasteiger partial charge in [-0.25, -0.2) is 0 Å². The van der Waals surface area contributed by atoms with Crippen LogP contribution in [-0.4, -0.2) is 33.7 Å². The van der Waals surface area contributed by atoms with Crippen molar-refractivity contribution in [2.24, 2.45) is 0 Å². The lowest BCUT2D eigenvalue weighted by atomic mass is 10.2. The molecule has 0 rings (SSSR count). The first-order chi connectivity index (χ1) is 9.74. The van der Waals surface area contributed by atoms with Crippen LogP contribution in [0, 0.1) is 0 Å². The monoisotopic (exact) mass is 304 g/mol. The van der Waals surface area contributed by atoms with Gasteiger partial charge in [0, 0.05) is 12.8 Å². The third-order valence-corrected chi connectivity index (χ3v) is 1.75. The highest BCUT2D eigenvalue weighted by Gasteiger charge is 2.05. The van der Waals surface area contributed by atoms with Crippen LogP contribution in [0.3, 0.4) is 0 Å². The fraction of sp³-hybridized carbons (Fsp3) is 0.733. The van der Waals surface area contributed by atoms with Gasteiger partial charge >= 0.3 is 11.9 Å². The van der Waals surface area contributed by atoms with Crippen molar-refractivity contribution in [2.45, 2.75) is 72.6 Å². The van der Waals surface area contributed by atoms with Gasteiger partial charge in [0.2, 0.25) is 0 Å². The molecule has 21 heavy (non-hydrogen) atoms. The molecular weight excluding hydrogens is 276 g/mol. The van der Waals surface area contributed by atoms with E-state index in [1.807, 2.05) is 13.8 Å². The van der Waals surface area contributed by atoms with E-state index in [1.54, 1.807) is 0 Å². The molecule has 0 fully saturated rings. The van der Waals surface area contributed by atoms with Crippen molar-refractivity contribution < 1.29 is 29.4 Å². The van der Waals surface area contributed by atoms with Gasteiger partial charge in [0.05, 0.1) is 0 Å². The van der Waals surface area contributed by atoms with Crippen LogP contribution in [0.25, 0.3) is 0 Å². The number of rotatable bonds is 8. The van der Waals surface area contributed by atoms with Gasteiger partial charge in [-0.1, -0.05) is 34.1 Å². The number of carboxylic acids is 2. The van der Waals surface area contributed by atoms with Crippen molar-refractivity contribution in [1.82, 2.24) is 0 Å². The highest BCUT2D eigenvalue weighted by Crippen LogP contribution is 1.93. The van der Waals surface area contributed by atoms with Gasteiger partial charge in [-0.05, 0) is 12.8 Å². The zero-order valence-corrected chi connectivity index (χ0v) is 13.5. The Labute approximate surface area is 126 Å². The Hall–Kier alpha value is -1.72. The summed E-state index contributed by atoms with van der Waals surface area (Å²) in [6.07, 6.45) is 2.82. The minimum atomic E-state index is -1.03. The van der Waals surface area contributed by atoms with Crippen LogP contribution < -0.4 is 0 Å². The third-order valence-electron chi connectivity index (χ3n) is 1.75. The molecule has 6 nitrogen and oxygen atoms in total. The van der Waals surface area contributed by atoms with Crippen molar-refractivity contribution in [3.8, 4) is 0 Å². The van der Waals surface area contributed by atoms with E-state index in [0.717, 1.165) is 12.8 Å². The highest BCUT2D eigenvalue weighted by atomic mass is 16.4. The summed E-state index contributed by atoms with van der Waals surface area (Å²) < 4.78 is 0. The van der Waals surface area contributed by atoms with E-state index in [9.17, 15) is 19.2 Å². The molecule has 0 radical (unpaired) electrons. The minimum absolute atomic E-state index is 0.190. The number of aliphatic carboxylic acids is 2. The topological polar surface area (TPSA) is 109 Å². The van der Waals surface area contributed by atoms with Crippen molar-refractivity contribution in [1.29, 1.82) is 0 Å². The first-order valence-electron chi connectivity index (χ1n) is 7.21. The zero-order chi connectivity index (χ0) is 17.3. The lowest BCUT2D eigenvalue weighted by Gasteiger charge is -1.90. The van der Waals surface area contributed by atoms with E-state index in [4.69, 9.17) is 10.2 Å². The molecule has 0 aromatic heterocycles. The summed E-state index contributed by atoms with van der Waals surface area (Å²) in [5.41, 5.74) is 0. The SMILES string of the molecule is CCC.CCCC(=O)CC(=O)O.CCCC(=O)CC(=O)O. The second-order valence-electron chi connectivity index (χ2n) is 4.43. The van der Waals surface area contributed by atoms with Crippen LogP contribution in [0.5, 0.6) is 0 Å². The maximum absolute atomic E-state index is 10.5. The molecule has 2 N–H and O–H groups in total. The summed E-state index contributed by atoms with van der Waals surface area (Å²) in [6.45, 7) is 7.94. The van der Waals surface area contributed by atoms with Gasteiger partial charge in [0.25, 0.3) is 0 Å². The van der Waals surface area contributed by atoms with Crippen LogP contribution in [0.2, 0.25) is 0 Å². The maximum Gasteiger partial charge on any atom is 0.310 e. The molecule has 0 spiro atoms. The first-order valence-corrected chi connectivity index (χ1v) is 7.21. The van der Waals surface area contributed by atoms with Gasteiger partial charge in [0.15, 0.2) is 0 Å². The Morgan fingerprint density at radius 1 is 0.667 bits per heavy atom. The van der Waals surface area contributed by atoms with Crippen LogP contribution in [-0.2, 0) is 19.2 Å². The predicted octanol–water partition coefficient (Wildman–Crippen LogP) is 3.08. The van der Waals surface area contributed by atoms with Crippen LogP contribution >= 0.6 is 0 Å². The van der Waals surface area contributed by atoms with Crippen molar-refractivity contribution in [3.63, 3.8) is 0 Å². The molecule has 0 amide bonds. The summed E-state index contributed by atoms with van der Waals surface area (Å²) in [6, 6.07) is 0. The molecule has 0 atom stereocenters. The Morgan fingerprint density at radius 3 is 1.05 bits per heavy atom. The number of carboxylic acid groups (broad SMARTS) is 2. The van der Waals surface area contributed by atoms with Crippen molar-refractivity contribution in [3.05, 3.63) is 0 Å². The lowest BCUT2D eigenvalue weighted by Crippen LogP contribution is -2.05. The molecule has 6 heteroatoms. The molecule has 0 unspecified atom stereocenters. The van der Waals surface area contributed by atoms with Gasteiger partial charge in [-0.3, -0.25) is 19.2 Å². The largest absolute Gasteiger partial charge is 0.481 e. The zero-order valence-electron chi connectivity index (χ0n) is 13.5. The molecule has 0 bridgehead atoms. The Balaban J connectivity index is -0.000000260. The Kier molecular flexibility index (Phi) is 21.2. The van der Waals surface area contributed by atoms with Crippen LogP contribution in [0.15, 0.2) is 0 Å². The standard InChI is InChI=1S/2C6H10O3.C3H8/c2*1-2-3-5(7)4-6(8)9;1-3-2/h2*2-4H2,1H3,(H,8,9);3H2,1-2H3. The normalized spacial score (nSPS) is 8.57. The average Bonchev–Trinajstić information content (AvgIpc) is 2.29. The van der Waals surface area contributed by atoms with E-state index >= 15 is 0 Å². The molecule has 0 aliphatic rings. The molecule has 0 saturated heterocycles. The smallest absolute Gasteiger partial charge is 0.310 e. The number of Topliss-reactive ketones (excluding diaryl/α,β-unsaturated/α-hetero) is 2. The summed E-state index contributed by atoms with van der Waals surface area (Å²) in [7, 11) is 0. The maximum atomic E-state index is 10.5. The number of carbonyl (C=O) groups excluding carboxylic acids is 2.